The van der Waals surface area contributed by atoms with Gasteiger partial charge in [-0.3, -0.25) is 0 Å². The molecule has 2 aromatic carbocycles. The number of hydrogen-bond donors (Lipinski definition) is 0. The van der Waals surface area contributed by atoms with Gasteiger partial charge in [-0.1, -0.05) is 73.6 Å². The predicted octanol–water partition coefficient (Wildman–Crippen LogP) is 3.94. The molecule has 0 saturated carbocycles. The molecule has 1 heterocycles. The maximum atomic E-state index is 4.76. The molecule has 1 aliphatic heterocycles. The Labute approximate surface area is 164 Å². The zero-order valence-electron chi connectivity index (χ0n) is 13.4. The standard InChI is InChI=1S/C20H20N2.Y/c1-4-16-10-12-18(13-11-16)20-19(17-8-6-5-7-9-17)21-14(2)15(3)22-20;/h5-15H,2-4H2,1H3;/q-2;. The van der Waals surface area contributed by atoms with Gasteiger partial charge in [-0.05, 0) is 12.0 Å². The molecule has 1 radical (unpaired) electrons. The van der Waals surface area contributed by atoms with Crippen LogP contribution in [0.2, 0.25) is 0 Å². The van der Waals surface area contributed by atoms with Gasteiger partial charge in [0, 0.05) is 43.8 Å². The molecule has 23 heavy (non-hydrogen) atoms. The summed E-state index contributed by atoms with van der Waals surface area (Å²) in [4.78, 5) is 9.51. The molecule has 0 fully saturated rings. The summed E-state index contributed by atoms with van der Waals surface area (Å²) in [6, 6.07) is 18.4. The minimum atomic E-state index is -0.145. The number of rotatable bonds is 3. The van der Waals surface area contributed by atoms with E-state index < -0.39 is 0 Å². The molecule has 0 spiro atoms. The first-order chi connectivity index (χ1) is 10.7. The summed E-state index contributed by atoms with van der Waals surface area (Å²) in [5.74, 6) is 0. The van der Waals surface area contributed by atoms with Crippen LogP contribution in [0, 0.1) is 13.8 Å². The fraction of sp³-hybridized carbons (Fsp3) is 0.200. The number of aliphatic imine (C=N–C) groups is 2. The van der Waals surface area contributed by atoms with E-state index in [0.717, 1.165) is 29.0 Å². The summed E-state index contributed by atoms with van der Waals surface area (Å²) in [6.45, 7) is 10.3. The van der Waals surface area contributed by atoms with Gasteiger partial charge in [0.1, 0.15) is 0 Å². The molecule has 1 aliphatic rings. The minimum Gasteiger partial charge on any atom is -0.320 e. The largest absolute Gasteiger partial charge is 0.320 e. The van der Waals surface area contributed by atoms with E-state index in [9.17, 15) is 0 Å². The molecule has 0 aliphatic carbocycles. The van der Waals surface area contributed by atoms with Crippen molar-refractivity contribution in [3.8, 4) is 0 Å². The van der Waals surface area contributed by atoms with E-state index >= 15 is 0 Å². The number of nitrogens with zero attached hydrogens (tertiary/aromatic N) is 2. The maximum absolute atomic E-state index is 4.76. The fourth-order valence-corrected chi connectivity index (χ4v) is 2.54. The van der Waals surface area contributed by atoms with Gasteiger partial charge < -0.3 is 23.8 Å². The first-order valence-electron chi connectivity index (χ1n) is 7.66. The Morgan fingerprint density at radius 3 is 1.74 bits per heavy atom. The zero-order chi connectivity index (χ0) is 15.5. The average molecular weight is 377 g/mol. The van der Waals surface area contributed by atoms with Crippen LogP contribution in [0.5, 0.6) is 0 Å². The van der Waals surface area contributed by atoms with Crippen molar-refractivity contribution >= 4 is 11.4 Å². The van der Waals surface area contributed by atoms with Crippen LogP contribution in [0.25, 0.3) is 0 Å². The zero-order valence-corrected chi connectivity index (χ0v) is 16.3. The molecule has 2 unspecified atom stereocenters. The molecule has 0 N–H and O–H groups in total. The van der Waals surface area contributed by atoms with Crippen molar-refractivity contribution in [2.45, 2.75) is 25.4 Å². The molecule has 2 nitrogen and oxygen atoms in total. The monoisotopic (exact) mass is 377 g/mol. The molecule has 2 aromatic rings. The van der Waals surface area contributed by atoms with Gasteiger partial charge in [0.25, 0.3) is 0 Å². The fourth-order valence-electron chi connectivity index (χ4n) is 2.54. The van der Waals surface area contributed by atoms with Crippen molar-refractivity contribution in [2.75, 3.05) is 0 Å². The van der Waals surface area contributed by atoms with Crippen molar-refractivity contribution in [3.05, 3.63) is 85.1 Å². The quantitative estimate of drug-likeness (QED) is 0.724. The van der Waals surface area contributed by atoms with E-state index in [-0.39, 0.29) is 44.8 Å². The van der Waals surface area contributed by atoms with E-state index in [0.29, 0.717) is 0 Å². The molecule has 0 aromatic heterocycles. The van der Waals surface area contributed by atoms with Crippen LogP contribution >= 0.6 is 0 Å². The van der Waals surface area contributed by atoms with Crippen LogP contribution in [0.1, 0.15) is 23.6 Å². The minimum absolute atomic E-state index is 0. The Bertz CT molecular complexity index is 702. The van der Waals surface area contributed by atoms with E-state index in [1.165, 1.54) is 5.56 Å². The molecule has 2 atom stereocenters. The first kappa shape index (κ1) is 18.2. The molecular formula is C20H20N2Y-2. The Morgan fingerprint density at radius 1 is 0.783 bits per heavy atom. The Kier molecular flexibility index (Phi) is 6.44. The van der Waals surface area contributed by atoms with Gasteiger partial charge in [-0.2, -0.15) is 0 Å². The first-order valence-corrected chi connectivity index (χ1v) is 7.66. The van der Waals surface area contributed by atoms with Crippen molar-refractivity contribution < 1.29 is 32.7 Å². The van der Waals surface area contributed by atoms with Crippen LogP contribution in [-0.4, -0.2) is 23.5 Å². The van der Waals surface area contributed by atoms with Gasteiger partial charge in [0.15, 0.2) is 0 Å². The number of aryl methyl sites for hydroxylation is 1. The van der Waals surface area contributed by atoms with Gasteiger partial charge in [-0.15, -0.1) is 0 Å². The van der Waals surface area contributed by atoms with Crippen molar-refractivity contribution in [3.63, 3.8) is 0 Å². The molecular weight excluding hydrogens is 357 g/mol. The van der Waals surface area contributed by atoms with E-state index in [4.69, 9.17) is 9.98 Å². The average Bonchev–Trinajstić information content (AvgIpc) is 2.58. The van der Waals surface area contributed by atoms with Gasteiger partial charge in [0.05, 0.1) is 11.4 Å². The number of hydrogen-bond acceptors (Lipinski definition) is 2. The third-order valence-electron chi connectivity index (χ3n) is 3.94. The van der Waals surface area contributed by atoms with Crippen LogP contribution in [-0.2, 0) is 39.1 Å². The normalized spacial score (nSPS) is 20.3. The second-order valence-electron chi connectivity index (χ2n) is 5.51. The summed E-state index contributed by atoms with van der Waals surface area (Å²) in [6.07, 6.45) is 1.03. The summed E-state index contributed by atoms with van der Waals surface area (Å²) >= 11 is 0. The SMILES string of the molecule is [CH2-]C1N=C(c2ccccc2)C(c2ccc(CC)cc2)=NC1[CH2-].[Y]. The Morgan fingerprint density at radius 2 is 1.26 bits per heavy atom. The predicted molar refractivity (Wildman–Crippen MR) is 93.6 cm³/mol. The molecule has 3 heteroatoms. The molecule has 3 rings (SSSR count). The second-order valence-corrected chi connectivity index (χ2v) is 5.51. The topological polar surface area (TPSA) is 24.7 Å². The third-order valence-corrected chi connectivity index (χ3v) is 3.94. The van der Waals surface area contributed by atoms with Crippen LogP contribution in [0.3, 0.4) is 0 Å². The summed E-state index contributed by atoms with van der Waals surface area (Å²) < 4.78 is 0. The van der Waals surface area contributed by atoms with E-state index in [2.05, 4.69) is 57.2 Å². The maximum Gasteiger partial charge on any atom is 0.0875 e. The third kappa shape index (κ3) is 4.05. The second kappa shape index (κ2) is 8.12. The molecule has 0 bridgehead atoms. The molecule has 0 amide bonds. The molecule has 115 valence electrons. The van der Waals surface area contributed by atoms with Gasteiger partial charge in [0.2, 0.25) is 0 Å². The Balaban J connectivity index is 0.00000192. The van der Waals surface area contributed by atoms with E-state index in [1.807, 2.05) is 18.2 Å². The van der Waals surface area contributed by atoms with Crippen molar-refractivity contribution in [1.29, 1.82) is 0 Å². The summed E-state index contributed by atoms with van der Waals surface area (Å²) in [7, 11) is 0. The summed E-state index contributed by atoms with van der Waals surface area (Å²) in [5.41, 5.74) is 5.29. The van der Waals surface area contributed by atoms with Crippen LogP contribution in [0.15, 0.2) is 64.6 Å². The van der Waals surface area contributed by atoms with Gasteiger partial charge in [-0.25, -0.2) is 0 Å². The molecule has 0 saturated heterocycles. The number of benzene rings is 2. The van der Waals surface area contributed by atoms with E-state index in [1.54, 1.807) is 0 Å². The van der Waals surface area contributed by atoms with Crippen LogP contribution in [0.4, 0.5) is 0 Å². The van der Waals surface area contributed by atoms with Crippen molar-refractivity contribution in [2.24, 2.45) is 9.98 Å². The smallest absolute Gasteiger partial charge is 0.0875 e. The van der Waals surface area contributed by atoms with Gasteiger partial charge >= 0.3 is 0 Å². The summed E-state index contributed by atoms with van der Waals surface area (Å²) in [5, 5.41) is 0. The van der Waals surface area contributed by atoms with Crippen LogP contribution < -0.4 is 0 Å². The Hall–Kier alpha value is -1.12. The van der Waals surface area contributed by atoms with Crippen molar-refractivity contribution in [1.82, 2.24) is 0 Å².